The minimum absolute atomic E-state index is 0.0223. The SMILES string of the molecule is C[C@@]12C[C@@H]1N(C(=O)CNC(=O)c1cc3cc(Oc4ccccc4)ccc3o1)[C@H](C(=O)NCc1cc(C(=N)N)cs1)C2. The second-order valence-electron chi connectivity index (χ2n) is 10.7. The summed E-state index contributed by atoms with van der Waals surface area (Å²) in [5.41, 5.74) is 6.57. The summed E-state index contributed by atoms with van der Waals surface area (Å²) in [5, 5.41) is 15.6. The number of nitrogens with one attached hydrogen (secondary N) is 3. The normalized spacial score (nSPS) is 20.9. The van der Waals surface area contributed by atoms with Crippen LogP contribution in [0.4, 0.5) is 0 Å². The van der Waals surface area contributed by atoms with Gasteiger partial charge in [-0.25, -0.2) is 0 Å². The van der Waals surface area contributed by atoms with Crippen LogP contribution in [-0.4, -0.2) is 47.1 Å². The molecule has 6 rings (SSSR count). The minimum Gasteiger partial charge on any atom is -0.457 e. The predicted octanol–water partition coefficient (Wildman–Crippen LogP) is 4.00. The van der Waals surface area contributed by atoms with Gasteiger partial charge in [0.2, 0.25) is 11.8 Å². The number of carbonyl (C=O) groups excluding carboxylic acids is 3. The second kappa shape index (κ2) is 10.4. The molecule has 4 aromatic rings. The summed E-state index contributed by atoms with van der Waals surface area (Å²) < 4.78 is 11.6. The molecule has 41 heavy (non-hydrogen) atoms. The average molecular weight is 572 g/mol. The molecule has 1 saturated carbocycles. The number of rotatable bonds is 9. The van der Waals surface area contributed by atoms with E-state index in [2.05, 4.69) is 17.6 Å². The Morgan fingerprint density at radius 1 is 1.10 bits per heavy atom. The zero-order valence-corrected chi connectivity index (χ0v) is 23.1. The van der Waals surface area contributed by atoms with E-state index in [1.165, 1.54) is 11.3 Å². The summed E-state index contributed by atoms with van der Waals surface area (Å²) in [5.74, 6) is 0.300. The van der Waals surface area contributed by atoms with Gasteiger partial charge in [-0.05, 0) is 60.7 Å². The van der Waals surface area contributed by atoms with Crippen molar-refractivity contribution in [1.82, 2.24) is 15.5 Å². The quantitative estimate of drug-likeness (QED) is 0.176. The smallest absolute Gasteiger partial charge is 0.287 e. The van der Waals surface area contributed by atoms with Crippen LogP contribution >= 0.6 is 11.3 Å². The van der Waals surface area contributed by atoms with Crippen molar-refractivity contribution >= 4 is 45.9 Å². The Hall–Kier alpha value is -4.64. The number of carbonyl (C=O) groups is 3. The number of nitrogens with zero attached hydrogens (tertiary/aromatic N) is 1. The Morgan fingerprint density at radius 2 is 1.90 bits per heavy atom. The van der Waals surface area contributed by atoms with Crippen molar-refractivity contribution in [2.45, 2.75) is 38.4 Å². The van der Waals surface area contributed by atoms with Crippen molar-refractivity contribution in [2.75, 3.05) is 6.54 Å². The number of hydrogen-bond acceptors (Lipinski definition) is 7. The van der Waals surface area contributed by atoms with Crippen LogP contribution in [0.2, 0.25) is 0 Å². The molecule has 3 atom stereocenters. The average Bonchev–Trinajstić information content (AvgIpc) is 3.34. The van der Waals surface area contributed by atoms with E-state index < -0.39 is 11.9 Å². The zero-order chi connectivity index (χ0) is 28.7. The number of para-hydroxylation sites is 1. The van der Waals surface area contributed by atoms with Crippen molar-refractivity contribution in [1.29, 1.82) is 5.41 Å². The van der Waals surface area contributed by atoms with E-state index in [1.54, 1.807) is 40.6 Å². The molecular weight excluding hydrogens is 542 g/mol. The number of nitrogens with two attached hydrogens (primary N) is 1. The molecule has 0 radical (unpaired) electrons. The molecule has 2 aromatic carbocycles. The molecule has 11 heteroatoms. The first kappa shape index (κ1) is 26.6. The first-order valence-electron chi connectivity index (χ1n) is 13.3. The lowest BCUT2D eigenvalue weighted by Crippen LogP contribution is -2.50. The van der Waals surface area contributed by atoms with Crippen LogP contribution in [0.5, 0.6) is 11.5 Å². The summed E-state index contributed by atoms with van der Waals surface area (Å²) in [4.78, 5) is 41.7. The Morgan fingerprint density at radius 3 is 2.66 bits per heavy atom. The summed E-state index contributed by atoms with van der Waals surface area (Å²) >= 11 is 1.41. The maximum absolute atomic E-state index is 13.3. The number of piperidine rings is 1. The Balaban J connectivity index is 1.07. The Labute approximate surface area is 240 Å². The number of benzene rings is 2. The van der Waals surface area contributed by atoms with E-state index in [4.69, 9.17) is 20.3 Å². The molecule has 0 bridgehead atoms. The molecule has 3 heterocycles. The number of amides is 3. The van der Waals surface area contributed by atoms with E-state index in [0.717, 1.165) is 11.3 Å². The summed E-state index contributed by atoms with van der Waals surface area (Å²) in [6, 6.07) is 17.4. The highest BCUT2D eigenvalue weighted by Crippen LogP contribution is 2.59. The standard InChI is InChI=1S/C30H29N5O5S/c1-30-12-22(28(37)33-14-21-10-18(16-41-21)27(31)32)35(25(30)13-30)26(36)15-34-29(38)24-11-17-9-20(7-8-23(17)40-24)39-19-5-3-2-4-6-19/h2-11,16,22,25H,12-15H2,1H3,(H3,31,32)(H,33,37)(H,34,38)/t22-,25-,30+/m0/s1. The second-order valence-corrected chi connectivity index (χ2v) is 11.7. The van der Waals surface area contributed by atoms with E-state index in [-0.39, 0.29) is 48.0 Å². The Kier molecular flexibility index (Phi) is 6.74. The summed E-state index contributed by atoms with van der Waals surface area (Å²) in [6.45, 7) is 2.12. The van der Waals surface area contributed by atoms with Crippen molar-refractivity contribution in [3.05, 3.63) is 82.2 Å². The van der Waals surface area contributed by atoms with E-state index in [0.29, 0.717) is 34.5 Å². The van der Waals surface area contributed by atoms with Crippen LogP contribution in [-0.2, 0) is 16.1 Å². The number of hydrogen-bond donors (Lipinski definition) is 4. The van der Waals surface area contributed by atoms with Gasteiger partial charge in [-0.1, -0.05) is 25.1 Å². The topological polar surface area (TPSA) is 151 Å². The van der Waals surface area contributed by atoms with Crippen molar-refractivity contribution in [3.63, 3.8) is 0 Å². The maximum atomic E-state index is 13.3. The van der Waals surface area contributed by atoms with Gasteiger partial charge in [-0.15, -0.1) is 11.3 Å². The molecule has 5 N–H and O–H groups in total. The van der Waals surface area contributed by atoms with E-state index in [1.807, 2.05) is 30.3 Å². The highest BCUT2D eigenvalue weighted by molar-refractivity contribution is 7.10. The predicted molar refractivity (Wildman–Crippen MR) is 154 cm³/mol. The van der Waals surface area contributed by atoms with Gasteiger partial charge in [0, 0.05) is 27.2 Å². The third-order valence-corrected chi connectivity index (χ3v) is 8.65. The molecule has 1 saturated heterocycles. The molecule has 0 unspecified atom stereocenters. The number of fused-ring (bicyclic) bond motifs is 2. The number of furan rings is 1. The summed E-state index contributed by atoms with van der Waals surface area (Å²) in [7, 11) is 0. The fourth-order valence-corrected chi connectivity index (χ4v) is 6.25. The number of amidine groups is 1. The maximum Gasteiger partial charge on any atom is 0.287 e. The molecule has 3 amide bonds. The van der Waals surface area contributed by atoms with Crippen LogP contribution in [0.15, 0.2) is 70.5 Å². The minimum atomic E-state index is -0.607. The molecular formula is C30H29N5O5S. The monoisotopic (exact) mass is 571 g/mol. The molecule has 10 nitrogen and oxygen atoms in total. The van der Waals surface area contributed by atoms with Gasteiger partial charge >= 0.3 is 0 Å². The molecule has 2 fully saturated rings. The highest BCUT2D eigenvalue weighted by atomic mass is 32.1. The number of thiophene rings is 1. The molecule has 1 aliphatic heterocycles. The third kappa shape index (κ3) is 5.40. The van der Waals surface area contributed by atoms with Gasteiger partial charge < -0.3 is 30.4 Å². The van der Waals surface area contributed by atoms with Gasteiger partial charge in [0.1, 0.15) is 29.0 Å². The fourth-order valence-electron chi connectivity index (χ4n) is 5.42. The number of nitrogen functional groups attached to an aromatic ring is 1. The van der Waals surface area contributed by atoms with Crippen molar-refractivity contribution in [2.24, 2.45) is 11.1 Å². The van der Waals surface area contributed by atoms with E-state index in [9.17, 15) is 14.4 Å². The van der Waals surface area contributed by atoms with Crippen LogP contribution < -0.4 is 21.1 Å². The van der Waals surface area contributed by atoms with Crippen LogP contribution in [0.3, 0.4) is 0 Å². The van der Waals surface area contributed by atoms with Gasteiger partial charge in [0.05, 0.1) is 13.1 Å². The van der Waals surface area contributed by atoms with E-state index >= 15 is 0 Å². The molecule has 0 spiro atoms. The lowest BCUT2D eigenvalue weighted by molar-refractivity contribution is -0.139. The number of likely N-dealkylation sites (tertiary alicyclic amines) is 1. The van der Waals surface area contributed by atoms with Crippen LogP contribution in [0.1, 0.15) is 40.8 Å². The highest BCUT2D eigenvalue weighted by Gasteiger charge is 2.64. The zero-order valence-electron chi connectivity index (χ0n) is 22.3. The molecule has 1 aliphatic carbocycles. The van der Waals surface area contributed by atoms with Crippen molar-refractivity contribution < 1.29 is 23.5 Å². The lowest BCUT2D eigenvalue weighted by Gasteiger charge is -2.26. The number of ether oxygens (including phenoxy) is 1. The Bertz CT molecular complexity index is 1660. The van der Waals surface area contributed by atoms with Gasteiger partial charge in [0.25, 0.3) is 5.91 Å². The molecule has 2 aromatic heterocycles. The van der Waals surface area contributed by atoms with Crippen LogP contribution in [0.25, 0.3) is 11.0 Å². The first-order chi connectivity index (χ1) is 19.7. The van der Waals surface area contributed by atoms with Crippen LogP contribution in [0, 0.1) is 10.8 Å². The van der Waals surface area contributed by atoms with Crippen molar-refractivity contribution in [3.8, 4) is 11.5 Å². The molecule has 2 aliphatic rings. The third-order valence-electron chi connectivity index (χ3n) is 7.72. The lowest BCUT2D eigenvalue weighted by atomic mass is 10.0. The van der Waals surface area contributed by atoms with Gasteiger partial charge in [-0.2, -0.15) is 0 Å². The summed E-state index contributed by atoms with van der Waals surface area (Å²) in [6.07, 6.45) is 1.41. The fraction of sp³-hybridized carbons (Fsp3) is 0.267. The first-order valence-corrected chi connectivity index (χ1v) is 14.1. The largest absolute Gasteiger partial charge is 0.457 e. The van der Waals surface area contributed by atoms with Gasteiger partial charge in [0.15, 0.2) is 5.76 Å². The van der Waals surface area contributed by atoms with Gasteiger partial charge in [-0.3, -0.25) is 19.8 Å². The molecule has 210 valence electrons.